The summed E-state index contributed by atoms with van der Waals surface area (Å²) in [6, 6.07) is 19.4. The van der Waals surface area contributed by atoms with Crippen LogP contribution in [0, 0.1) is 11.3 Å². The molecule has 0 radical (unpaired) electrons. The van der Waals surface area contributed by atoms with E-state index < -0.39 is 0 Å². The van der Waals surface area contributed by atoms with Crippen molar-refractivity contribution in [3.8, 4) is 6.07 Å². The molecule has 2 heterocycles. The number of benzene rings is 2. The zero-order chi connectivity index (χ0) is 19.3. The van der Waals surface area contributed by atoms with Crippen LogP contribution >= 0.6 is 11.6 Å². The minimum atomic E-state index is 0.581. The Morgan fingerprint density at radius 1 is 0.929 bits per heavy atom. The van der Waals surface area contributed by atoms with E-state index in [1.54, 1.807) is 12.4 Å². The van der Waals surface area contributed by atoms with E-state index in [1.807, 2.05) is 42.5 Å². The maximum Gasteiger partial charge on any atom is 0.135 e. The standard InChI is InChI=1S/C21H19ClN6/c22-17-5-3-6-18(12-17)27-8-10-28(11-9-27)21-13-20(24-15-25-21)26-19-7-2-1-4-16(19)14-23/h1-7,12-13,15H,8-11H2,(H,24,25,26). The van der Waals surface area contributed by atoms with E-state index in [4.69, 9.17) is 11.6 Å². The molecular weight excluding hydrogens is 372 g/mol. The maximum atomic E-state index is 9.25. The summed E-state index contributed by atoms with van der Waals surface area (Å²) in [6.07, 6.45) is 1.55. The Kier molecular flexibility index (Phi) is 5.27. The predicted molar refractivity (Wildman–Crippen MR) is 112 cm³/mol. The Morgan fingerprint density at radius 3 is 2.50 bits per heavy atom. The zero-order valence-corrected chi connectivity index (χ0v) is 16.0. The Bertz CT molecular complexity index is 1010. The van der Waals surface area contributed by atoms with E-state index in [0.717, 1.165) is 48.4 Å². The molecule has 2 aromatic carbocycles. The van der Waals surface area contributed by atoms with Gasteiger partial charge in [0.15, 0.2) is 0 Å². The van der Waals surface area contributed by atoms with Gasteiger partial charge in [0, 0.05) is 43.0 Å². The Morgan fingerprint density at radius 2 is 1.71 bits per heavy atom. The fourth-order valence-electron chi connectivity index (χ4n) is 3.28. The van der Waals surface area contributed by atoms with Crippen molar-refractivity contribution in [1.29, 1.82) is 5.26 Å². The predicted octanol–water partition coefficient (Wildman–Crippen LogP) is 4.07. The number of piperazine rings is 1. The van der Waals surface area contributed by atoms with Crippen molar-refractivity contribution < 1.29 is 0 Å². The molecule has 1 aliphatic rings. The third-order valence-corrected chi connectivity index (χ3v) is 4.98. The third-order valence-electron chi connectivity index (χ3n) is 4.74. The van der Waals surface area contributed by atoms with Gasteiger partial charge in [-0.05, 0) is 30.3 Å². The molecule has 0 spiro atoms. The number of halogens is 1. The van der Waals surface area contributed by atoms with E-state index in [9.17, 15) is 5.26 Å². The molecule has 1 N–H and O–H groups in total. The molecule has 1 saturated heterocycles. The molecule has 4 rings (SSSR count). The van der Waals surface area contributed by atoms with Crippen LogP contribution in [0.15, 0.2) is 60.9 Å². The highest BCUT2D eigenvalue weighted by Gasteiger charge is 2.19. The van der Waals surface area contributed by atoms with Gasteiger partial charge in [0.1, 0.15) is 24.0 Å². The number of para-hydroxylation sites is 1. The molecule has 6 nitrogen and oxygen atoms in total. The largest absolute Gasteiger partial charge is 0.368 e. The smallest absolute Gasteiger partial charge is 0.135 e. The van der Waals surface area contributed by atoms with Gasteiger partial charge >= 0.3 is 0 Å². The molecule has 28 heavy (non-hydrogen) atoms. The highest BCUT2D eigenvalue weighted by atomic mass is 35.5. The molecule has 0 aliphatic carbocycles. The molecule has 1 aliphatic heterocycles. The Labute approximate surface area is 169 Å². The lowest BCUT2D eigenvalue weighted by molar-refractivity contribution is 0.647. The lowest BCUT2D eigenvalue weighted by Crippen LogP contribution is -2.46. The SMILES string of the molecule is N#Cc1ccccc1Nc1cc(N2CCN(c3cccc(Cl)c3)CC2)ncn1. The molecule has 0 atom stereocenters. The van der Waals surface area contributed by atoms with Crippen LogP contribution < -0.4 is 15.1 Å². The number of nitrogens with zero attached hydrogens (tertiary/aromatic N) is 5. The van der Waals surface area contributed by atoms with Gasteiger partial charge in [-0.3, -0.25) is 0 Å². The number of anilines is 4. The third kappa shape index (κ3) is 4.00. The second-order valence-corrected chi connectivity index (χ2v) is 6.93. The lowest BCUT2D eigenvalue weighted by Gasteiger charge is -2.36. The first kappa shape index (κ1) is 18.1. The first-order valence-electron chi connectivity index (χ1n) is 9.06. The second kappa shape index (κ2) is 8.15. The fourth-order valence-corrected chi connectivity index (χ4v) is 3.47. The molecule has 1 fully saturated rings. The van der Waals surface area contributed by atoms with Gasteiger partial charge in [0.05, 0.1) is 11.3 Å². The molecule has 3 aromatic rings. The Balaban J connectivity index is 1.45. The molecule has 140 valence electrons. The van der Waals surface area contributed by atoms with Gasteiger partial charge in [-0.15, -0.1) is 0 Å². The van der Waals surface area contributed by atoms with Crippen LogP contribution in [0.4, 0.5) is 23.0 Å². The minimum Gasteiger partial charge on any atom is -0.368 e. The average molecular weight is 391 g/mol. The van der Waals surface area contributed by atoms with Crippen molar-refractivity contribution >= 4 is 34.6 Å². The quantitative estimate of drug-likeness (QED) is 0.724. The molecule has 7 heteroatoms. The van der Waals surface area contributed by atoms with Crippen molar-refractivity contribution in [1.82, 2.24) is 9.97 Å². The van der Waals surface area contributed by atoms with Crippen LogP contribution in [0.5, 0.6) is 0 Å². The van der Waals surface area contributed by atoms with Crippen LogP contribution in [0.3, 0.4) is 0 Å². The first-order chi connectivity index (χ1) is 13.7. The lowest BCUT2D eigenvalue weighted by atomic mass is 10.2. The summed E-state index contributed by atoms with van der Waals surface area (Å²) in [7, 11) is 0. The van der Waals surface area contributed by atoms with Crippen LogP contribution in [0.2, 0.25) is 5.02 Å². The number of hydrogen-bond acceptors (Lipinski definition) is 6. The van der Waals surface area contributed by atoms with E-state index in [2.05, 4.69) is 37.2 Å². The summed E-state index contributed by atoms with van der Waals surface area (Å²) in [5.74, 6) is 1.54. The molecular formula is C21H19ClN6. The average Bonchev–Trinajstić information content (AvgIpc) is 2.74. The van der Waals surface area contributed by atoms with Crippen LogP contribution in [-0.2, 0) is 0 Å². The summed E-state index contributed by atoms with van der Waals surface area (Å²) in [4.78, 5) is 13.3. The number of nitrogens with one attached hydrogen (secondary N) is 1. The fraction of sp³-hybridized carbons (Fsp3) is 0.190. The maximum absolute atomic E-state index is 9.25. The zero-order valence-electron chi connectivity index (χ0n) is 15.2. The van der Waals surface area contributed by atoms with Gasteiger partial charge in [0.25, 0.3) is 0 Å². The van der Waals surface area contributed by atoms with Gasteiger partial charge < -0.3 is 15.1 Å². The van der Waals surface area contributed by atoms with Gasteiger partial charge in [-0.2, -0.15) is 5.26 Å². The van der Waals surface area contributed by atoms with Gasteiger partial charge in [0.2, 0.25) is 0 Å². The summed E-state index contributed by atoms with van der Waals surface area (Å²) in [6.45, 7) is 3.50. The highest BCUT2D eigenvalue weighted by molar-refractivity contribution is 6.30. The number of hydrogen-bond donors (Lipinski definition) is 1. The normalized spacial score (nSPS) is 13.9. The van der Waals surface area contributed by atoms with Crippen LogP contribution in [0.25, 0.3) is 0 Å². The van der Waals surface area contributed by atoms with Crippen molar-refractivity contribution in [2.75, 3.05) is 41.3 Å². The van der Waals surface area contributed by atoms with Crippen molar-refractivity contribution in [3.05, 3.63) is 71.5 Å². The van der Waals surface area contributed by atoms with Gasteiger partial charge in [-0.25, -0.2) is 9.97 Å². The van der Waals surface area contributed by atoms with Crippen LogP contribution in [-0.4, -0.2) is 36.1 Å². The molecule has 0 unspecified atom stereocenters. The second-order valence-electron chi connectivity index (χ2n) is 6.50. The molecule has 0 bridgehead atoms. The Hall–Kier alpha value is -3.30. The number of nitriles is 1. The monoisotopic (exact) mass is 390 g/mol. The highest BCUT2D eigenvalue weighted by Crippen LogP contribution is 2.24. The van der Waals surface area contributed by atoms with Crippen molar-refractivity contribution in [2.24, 2.45) is 0 Å². The van der Waals surface area contributed by atoms with E-state index in [0.29, 0.717) is 11.4 Å². The topological polar surface area (TPSA) is 68.1 Å². The van der Waals surface area contributed by atoms with E-state index in [1.165, 1.54) is 0 Å². The first-order valence-corrected chi connectivity index (χ1v) is 9.44. The van der Waals surface area contributed by atoms with Crippen LogP contribution in [0.1, 0.15) is 5.56 Å². The summed E-state index contributed by atoms with van der Waals surface area (Å²) in [5.41, 5.74) is 2.46. The molecule has 0 amide bonds. The minimum absolute atomic E-state index is 0.581. The van der Waals surface area contributed by atoms with Gasteiger partial charge in [-0.1, -0.05) is 29.8 Å². The number of aromatic nitrogens is 2. The summed E-state index contributed by atoms with van der Waals surface area (Å²) >= 11 is 6.11. The molecule has 0 saturated carbocycles. The van der Waals surface area contributed by atoms with Crippen molar-refractivity contribution in [3.63, 3.8) is 0 Å². The summed E-state index contributed by atoms with van der Waals surface area (Å²) in [5, 5.41) is 13.2. The van der Waals surface area contributed by atoms with E-state index >= 15 is 0 Å². The molecule has 1 aromatic heterocycles. The summed E-state index contributed by atoms with van der Waals surface area (Å²) < 4.78 is 0. The van der Waals surface area contributed by atoms with E-state index in [-0.39, 0.29) is 0 Å². The number of rotatable bonds is 4. The van der Waals surface area contributed by atoms with Crippen molar-refractivity contribution in [2.45, 2.75) is 0 Å².